The second kappa shape index (κ2) is 6.06. The summed E-state index contributed by atoms with van der Waals surface area (Å²) in [7, 11) is 1.75. The number of imidazole rings is 1. The molecule has 0 unspecified atom stereocenters. The van der Waals surface area contributed by atoms with Crippen molar-refractivity contribution in [2.24, 2.45) is 0 Å². The maximum Gasteiger partial charge on any atom is 0.240 e. The molecule has 7 nitrogen and oxygen atoms in total. The molecule has 0 fully saturated rings. The van der Waals surface area contributed by atoms with Gasteiger partial charge in [0.15, 0.2) is 0 Å². The number of nitrogens with zero attached hydrogens (tertiary/aromatic N) is 6. The van der Waals surface area contributed by atoms with Crippen LogP contribution in [0.2, 0.25) is 5.02 Å². The maximum absolute atomic E-state index is 6.10. The molecular weight excluding hydrogens is 310 g/mol. The van der Waals surface area contributed by atoms with E-state index >= 15 is 0 Å². The van der Waals surface area contributed by atoms with Gasteiger partial charge in [-0.05, 0) is 23.9 Å². The molecule has 9 heteroatoms. The van der Waals surface area contributed by atoms with Crippen LogP contribution in [-0.2, 0) is 0 Å². The first kappa shape index (κ1) is 13.8. The van der Waals surface area contributed by atoms with Crippen molar-refractivity contribution in [2.45, 2.75) is 10.2 Å². The zero-order valence-corrected chi connectivity index (χ0v) is 12.5. The van der Waals surface area contributed by atoms with Crippen LogP contribution >= 0.6 is 23.4 Å². The predicted molar refractivity (Wildman–Crippen MR) is 79.9 cm³/mol. The molecule has 106 valence electrons. The van der Waals surface area contributed by atoms with Gasteiger partial charge in [-0.15, -0.1) is 0 Å². The number of hydrogen-bond acceptors (Lipinski definition) is 7. The highest BCUT2D eigenvalue weighted by Gasteiger charge is 2.11. The number of rotatable bonds is 4. The molecule has 0 amide bonds. The van der Waals surface area contributed by atoms with Gasteiger partial charge in [0.05, 0.1) is 5.02 Å². The Morgan fingerprint density at radius 2 is 2.14 bits per heavy atom. The summed E-state index contributed by atoms with van der Waals surface area (Å²) in [6, 6.07) is 3.55. The fourth-order valence-electron chi connectivity index (χ4n) is 1.53. The number of halogens is 1. The van der Waals surface area contributed by atoms with Gasteiger partial charge in [-0.25, -0.2) is 9.97 Å². The Labute approximate surface area is 129 Å². The van der Waals surface area contributed by atoms with Crippen molar-refractivity contribution in [3.8, 4) is 5.95 Å². The fourth-order valence-corrected chi connectivity index (χ4v) is 2.48. The molecular formula is C12H10ClN7S. The minimum absolute atomic E-state index is 0.461. The normalized spacial score (nSPS) is 10.6. The van der Waals surface area contributed by atoms with E-state index in [1.165, 1.54) is 11.8 Å². The standard InChI is InChI=1S/C12H10ClN7S/c1-14-10-17-11(20-6-5-15-7-20)19-12(18-10)21-9-8(13)3-2-4-16-9/h2-7H,1H3,(H,14,17,18,19). The lowest BCUT2D eigenvalue weighted by molar-refractivity contribution is 0.827. The van der Waals surface area contributed by atoms with Crippen molar-refractivity contribution in [3.63, 3.8) is 0 Å². The number of aromatic nitrogens is 6. The van der Waals surface area contributed by atoms with Crippen LogP contribution in [0.4, 0.5) is 5.95 Å². The fraction of sp³-hybridized carbons (Fsp3) is 0.0833. The largest absolute Gasteiger partial charge is 0.357 e. The van der Waals surface area contributed by atoms with Gasteiger partial charge in [-0.1, -0.05) is 11.6 Å². The van der Waals surface area contributed by atoms with Gasteiger partial charge >= 0.3 is 0 Å². The average Bonchev–Trinajstić information content (AvgIpc) is 3.04. The summed E-state index contributed by atoms with van der Waals surface area (Å²) in [6.45, 7) is 0. The molecule has 0 aliphatic rings. The lowest BCUT2D eigenvalue weighted by Gasteiger charge is -2.06. The Kier molecular flexibility index (Phi) is 3.98. The molecule has 0 aliphatic carbocycles. The number of anilines is 1. The Balaban J connectivity index is 1.99. The molecule has 0 aromatic carbocycles. The van der Waals surface area contributed by atoms with E-state index in [1.54, 1.807) is 48.7 Å². The van der Waals surface area contributed by atoms with E-state index in [0.717, 1.165) is 0 Å². The van der Waals surface area contributed by atoms with Crippen LogP contribution in [0.3, 0.4) is 0 Å². The van der Waals surface area contributed by atoms with Crippen LogP contribution in [0.1, 0.15) is 0 Å². The summed E-state index contributed by atoms with van der Waals surface area (Å²) in [5.74, 6) is 0.935. The van der Waals surface area contributed by atoms with Gasteiger partial charge in [-0.3, -0.25) is 4.57 Å². The highest BCUT2D eigenvalue weighted by atomic mass is 35.5. The van der Waals surface area contributed by atoms with Gasteiger partial charge in [0, 0.05) is 25.6 Å². The van der Waals surface area contributed by atoms with Crippen molar-refractivity contribution >= 4 is 29.3 Å². The van der Waals surface area contributed by atoms with Gasteiger partial charge < -0.3 is 5.32 Å². The van der Waals surface area contributed by atoms with Crippen molar-refractivity contribution in [3.05, 3.63) is 42.1 Å². The molecule has 0 atom stereocenters. The Morgan fingerprint density at radius 3 is 2.86 bits per heavy atom. The Morgan fingerprint density at radius 1 is 1.24 bits per heavy atom. The third-order valence-electron chi connectivity index (χ3n) is 2.47. The molecule has 3 aromatic rings. The van der Waals surface area contributed by atoms with Crippen molar-refractivity contribution in [2.75, 3.05) is 12.4 Å². The van der Waals surface area contributed by atoms with E-state index in [1.807, 2.05) is 0 Å². The van der Waals surface area contributed by atoms with E-state index < -0.39 is 0 Å². The van der Waals surface area contributed by atoms with E-state index in [-0.39, 0.29) is 0 Å². The maximum atomic E-state index is 6.10. The lowest BCUT2D eigenvalue weighted by atomic mass is 10.5. The number of nitrogens with one attached hydrogen (secondary N) is 1. The van der Waals surface area contributed by atoms with Crippen LogP contribution in [-0.4, -0.2) is 36.5 Å². The first-order chi connectivity index (χ1) is 10.3. The summed E-state index contributed by atoms with van der Waals surface area (Å²) in [6.07, 6.45) is 6.71. The summed E-state index contributed by atoms with van der Waals surface area (Å²) in [5, 5.41) is 4.60. The highest BCUT2D eigenvalue weighted by Crippen LogP contribution is 2.29. The molecule has 3 heterocycles. The molecule has 0 aliphatic heterocycles. The number of hydrogen-bond donors (Lipinski definition) is 1. The van der Waals surface area contributed by atoms with Gasteiger partial charge in [0.25, 0.3) is 0 Å². The minimum atomic E-state index is 0.461. The highest BCUT2D eigenvalue weighted by molar-refractivity contribution is 7.99. The van der Waals surface area contributed by atoms with Crippen LogP contribution in [0.15, 0.2) is 47.2 Å². The lowest BCUT2D eigenvalue weighted by Crippen LogP contribution is -2.06. The van der Waals surface area contributed by atoms with Crippen molar-refractivity contribution in [1.29, 1.82) is 0 Å². The molecule has 0 radical (unpaired) electrons. The monoisotopic (exact) mass is 319 g/mol. The average molecular weight is 320 g/mol. The number of pyridine rings is 1. The van der Waals surface area contributed by atoms with E-state index in [2.05, 4.69) is 30.2 Å². The molecule has 3 aromatic heterocycles. The second-order valence-electron chi connectivity index (χ2n) is 3.85. The Bertz CT molecular complexity index is 747. The Hall–Kier alpha value is -2.19. The molecule has 0 spiro atoms. The van der Waals surface area contributed by atoms with Gasteiger partial charge in [-0.2, -0.15) is 15.0 Å². The molecule has 0 saturated carbocycles. The second-order valence-corrected chi connectivity index (χ2v) is 5.22. The smallest absolute Gasteiger partial charge is 0.240 e. The predicted octanol–water partition coefficient (Wildman–Crippen LogP) is 2.30. The van der Waals surface area contributed by atoms with Crippen molar-refractivity contribution < 1.29 is 0 Å². The van der Waals surface area contributed by atoms with Gasteiger partial charge in [0.1, 0.15) is 11.4 Å². The van der Waals surface area contributed by atoms with Crippen LogP contribution in [0.5, 0.6) is 0 Å². The van der Waals surface area contributed by atoms with E-state index in [4.69, 9.17) is 11.6 Å². The SMILES string of the molecule is CNc1nc(Sc2ncccc2Cl)nc(-n2ccnc2)n1. The van der Waals surface area contributed by atoms with Gasteiger partial charge in [0.2, 0.25) is 17.1 Å². The molecule has 3 rings (SSSR count). The summed E-state index contributed by atoms with van der Waals surface area (Å²) >= 11 is 7.38. The third kappa shape index (κ3) is 3.11. The zero-order valence-electron chi connectivity index (χ0n) is 10.9. The first-order valence-corrected chi connectivity index (χ1v) is 7.16. The molecule has 0 bridgehead atoms. The summed E-state index contributed by atoms with van der Waals surface area (Å²) in [4.78, 5) is 21.2. The van der Waals surface area contributed by atoms with Crippen LogP contribution in [0.25, 0.3) is 5.95 Å². The molecule has 0 saturated heterocycles. The zero-order chi connectivity index (χ0) is 14.7. The summed E-state index contributed by atoms with van der Waals surface area (Å²) < 4.78 is 1.70. The van der Waals surface area contributed by atoms with Crippen molar-refractivity contribution in [1.82, 2.24) is 29.5 Å². The minimum Gasteiger partial charge on any atom is -0.357 e. The first-order valence-electron chi connectivity index (χ1n) is 5.97. The summed E-state index contributed by atoms with van der Waals surface area (Å²) in [5.41, 5.74) is 0. The third-order valence-corrected chi connectivity index (χ3v) is 3.78. The van der Waals surface area contributed by atoms with E-state index in [9.17, 15) is 0 Å². The quantitative estimate of drug-likeness (QED) is 0.790. The van der Waals surface area contributed by atoms with Crippen LogP contribution < -0.4 is 5.32 Å². The topological polar surface area (TPSA) is 81.4 Å². The van der Waals surface area contributed by atoms with Crippen LogP contribution in [0, 0.1) is 0 Å². The van der Waals surface area contributed by atoms with E-state index in [0.29, 0.717) is 27.1 Å². The molecule has 1 N–H and O–H groups in total. The molecule has 21 heavy (non-hydrogen) atoms.